The quantitative estimate of drug-likeness (QED) is 0.493. The van der Waals surface area contributed by atoms with Crippen molar-refractivity contribution in [3.05, 3.63) is 30.1 Å². The van der Waals surface area contributed by atoms with Crippen molar-refractivity contribution in [3.8, 4) is 6.07 Å². The summed E-state index contributed by atoms with van der Waals surface area (Å²) >= 11 is 0. The van der Waals surface area contributed by atoms with Gasteiger partial charge in [-0.05, 0) is 12.1 Å². The number of nitriles is 1. The summed E-state index contributed by atoms with van der Waals surface area (Å²) in [5.74, 6) is 0. The topological polar surface area (TPSA) is 36.7 Å². The number of pyridine rings is 1. The number of hydrogen-bond acceptors (Lipinski definition) is 2. The van der Waals surface area contributed by atoms with E-state index in [1.807, 2.05) is 6.07 Å². The molecule has 0 unspecified atom stereocenters. The average molecular weight is 106 g/mol. The molecule has 0 atom stereocenters. The SMILES string of the molecule is [3H]c1cc(C#N)ccn1. The van der Waals surface area contributed by atoms with Crippen molar-refractivity contribution in [1.82, 2.24) is 4.98 Å². The predicted octanol–water partition coefficient (Wildman–Crippen LogP) is 0.953. The second-order valence-electron chi connectivity index (χ2n) is 1.29. The second kappa shape index (κ2) is 2.08. The normalized spacial score (nSPS) is 9.62. The smallest absolute Gasteiger partial charge is 0.0992 e. The van der Waals surface area contributed by atoms with Gasteiger partial charge in [-0.15, -0.1) is 0 Å². The summed E-state index contributed by atoms with van der Waals surface area (Å²) in [6.07, 6.45) is 1.58. The van der Waals surface area contributed by atoms with Crippen LogP contribution in [0.2, 0.25) is 0 Å². The van der Waals surface area contributed by atoms with Crippen LogP contribution in [-0.2, 0) is 0 Å². The van der Waals surface area contributed by atoms with E-state index >= 15 is 0 Å². The molecule has 0 spiro atoms. The van der Waals surface area contributed by atoms with Crippen LogP contribution in [0.4, 0.5) is 0 Å². The Labute approximate surface area is 48.8 Å². The summed E-state index contributed by atoms with van der Waals surface area (Å²) in [6, 6.07) is 4.89. The number of rotatable bonds is 0. The van der Waals surface area contributed by atoms with Gasteiger partial charge in [-0.3, -0.25) is 4.98 Å². The maximum absolute atomic E-state index is 8.30. The molecule has 0 aromatic carbocycles. The van der Waals surface area contributed by atoms with Gasteiger partial charge in [0, 0.05) is 12.4 Å². The third-order valence-corrected chi connectivity index (χ3v) is 0.752. The van der Waals surface area contributed by atoms with Crippen molar-refractivity contribution in [2.75, 3.05) is 0 Å². The number of nitrogens with zero attached hydrogens (tertiary/aromatic N) is 2. The molecule has 8 heavy (non-hydrogen) atoms. The minimum atomic E-state index is 0.133. The maximum atomic E-state index is 8.30. The first-order valence-electron chi connectivity index (χ1n) is 2.65. The molecule has 1 heterocycles. The van der Waals surface area contributed by atoms with Crippen molar-refractivity contribution >= 4 is 0 Å². The van der Waals surface area contributed by atoms with E-state index in [1.165, 1.54) is 12.3 Å². The van der Waals surface area contributed by atoms with Crippen LogP contribution in [0.3, 0.4) is 0 Å². The number of hydrogen-bond donors (Lipinski definition) is 0. The van der Waals surface area contributed by atoms with Crippen LogP contribution in [-0.4, -0.2) is 4.98 Å². The molecule has 2 heteroatoms. The number of aromatic nitrogens is 1. The molecule has 0 aliphatic rings. The van der Waals surface area contributed by atoms with E-state index in [1.54, 1.807) is 6.07 Å². The van der Waals surface area contributed by atoms with Gasteiger partial charge in [-0.25, -0.2) is 0 Å². The molecule has 0 radical (unpaired) electrons. The van der Waals surface area contributed by atoms with Crippen LogP contribution in [0.15, 0.2) is 24.5 Å². The molecule has 0 bridgehead atoms. The van der Waals surface area contributed by atoms with E-state index in [9.17, 15) is 0 Å². The highest BCUT2D eigenvalue weighted by molar-refractivity contribution is 5.24. The third-order valence-electron chi connectivity index (χ3n) is 0.752. The molecule has 0 fully saturated rings. The van der Waals surface area contributed by atoms with Crippen LogP contribution in [0, 0.1) is 11.3 Å². The first kappa shape index (κ1) is 3.62. The van der Waals surface area contributed by atoms with E-state index in [4.69, 9.17) is 6.63 Å². The van der Waals surface area contributed by atoms with E-state index in [-0.39, 0.29) is 6.17 Å². The fraction of sp³-hybridized carbons (Fsp3) is 0. The van der Waals surface area contributed by atoms with Crippen LogP contribution >= 0.6 is 0 Å². The van der Waals surface area contributed by atoms with Gasteiger partial charge in [0.05, 0.1) is 13.0 Å². The van der Waals surface area contributed by atoms with Gasteiger partial charge in [0.1, 0.15) is 0 Å². The fourth-order valence-electron chi connectivity index (χ4n) is 0.385. The van der Waals surface area contributed by atoms with Crippen molar-refractivity contribution in [1.29, 1.82) is 5.26 Å². The molecule has 0 aliphatic carbocycles. The Bertz CT molecular complexity index is 251. The lowest BCUT2D eigenvalue weighted by Crippen LogP contribution is -1.71. The van der Waals surface area contributed by atoms with E-state index in [2.05, 4.69) is 4.98 Å². The zero-order valence-corrected chi connectivity index (χ0v) is 4.13. The van der Waals surface area contributed by atoms with E-state index in [0.29, 0.717) is 5.56 Å². The Morgan fingerprint density at radius 3 is 3.12 bits per heavy atom. The summed E-state index contributed by atoms with van der Waals surface area (Å²) in [6.45, 7) is 0. The van der Waals surface area contributed by atoms with Gasteiger partial charge in [-0.2, -0.15) is 5.26 Å². The third kappa shape index (κ3) is 0.824. The molecule has 0 saturated heterocycles. The lowest BCUT2D eigenvalue weighted by molar-refractivity contribution is 1.31. The highest BCUT2D eigenvalue weighted by Crippen LogP contribution is 1.89. The average Bonchev–Trinajstić information content (AvgIpc) is 1.88. The summed E-state index contributed by atoms with van der Waals surface area (Å²) in [5.41, 5.74) is 0.481. The molecule has 0 amide bonds. The summed E-state index contributed by atoms with van der Waals surface area (Å²) < 4.78 is 6.98. The standard InChI is InChI=1S/C6H4N2/c7-5-6-1-3-8-4-2-6/h1-4H/i3T. The molecule has 0 aliphatic heterocycles. The highest BCUT2D eigenvalue weighted by Gasteiger charge is 1.80. The molecule has 0 N–H and O–H groups in total. The maximum Gasteiger partial charge on any atom is 0.0992 e. The van der Waals surface area contributed by atoms with Crippen LogP contribution in [0.5, 0.6) is 0 Å². The van der Waals surface area contributed by atoms with Gasteiger partial charge < -0.3 is 0 Å². The first-order valence-corrected chi connectivity index (χ1v) is 2.15. The zero-order chi connectivity index (χ0) is 6.69. The highest BCUT2D eigenvalue weighted by atomic mass is 14.6. The van der Waals surface area contributed by atoms with Crippen LogP contribution < -0.4 is 0 Å². The predicted molar refractivity (Wildman–Crippen MR) is 29.0 cm³/mol. The van der Waals surface area contributed by atoms with Crippen molar-refractivity contribution in [2.24, 2.45) is 0 Å². The van der Waals surface area contributed by atoms with E-state index < -0.39 is 0 Å². The van der Waals surface area contributed by atoms with Crippen molar-refractivity contribution < 1.29 is 1.37 Å². The monoisotopic (exact) mass is 106 g/mol. The molecule has 2 nitrogen and oxygen atoms in total. The Balaban J connectivity index is 3.12. The molecule has 1 rings (SSSR count). The molecular formula is C6H4N2. The van der Waals surface area contributed by atoms with Crippen molar-refractivity contribution in [3.63, 3.8) is 0 Å². The Hall–Kier alpha value is -1.36. The van der Waals surface area contributed by atoms with Gasteiger partial charge in [-0.1, -0.05) is 0 Å². The van der Waals surface area contributed by atoms with Gasteiger partial charge in [0.2, 0.25) is 0 Å². The lowest BCUT2D eigenvalue weighted by Gasteiger charge is -1.79. The summed E-state index contributed by atoms with van der Waals surface area (Å²) in [5, 5.41) is 8.30. The lowest BCUT2D eigenvalue weighted by atomic mass is 10.3. The minimum absolute atomic E-state index is 0.133. The van der Waals surface area contributed by atoms with Gasteiger partial charge in [0.15, 0.2) is 0 Å². The van der Waals surface area contributed by atoms with Crippen LogP contribution in [0.1, 0.15) is 6.93 Å². The molecule has 1 aromatic rings. The van der Waals surface area contributed by atoms with Gasteiger partial charge in [0.25, 0.3) is 0 Å². The molecular weight excluding hydrogens is 100 g/mol. The molecule has 0 saturated carbocycles. The van der Waals surface area contributed by atoms with Gasteiger partial charge >= 0.3 is 0 Å². The molecule has 1 aromatic heterocycles. The Kier molecular flexibility index (Phi) is 0.941. The largest absolute Gasteiger partial charge is 0.265 e. The zero-order valence-electron chi connectivity index (χ0n) is 5.13. The summed E-state index contributed by atoms with van der Waals surface area (Å²) in [7, 11) is 0. The van der Waals surface area contributed by atoms with Crippen molar-refractivity contribution in [2.45, 2.75) is 0 Å². The first-order chi connectivity index (χ1) is 4.33. The molecule has 38 valence electrons. The minimum Gasteiger partial charge on any atom is -0.265 e. The Morgan fingerprint density at radius 2 is 2.62 bits per heavy atom. The Morgan fingerprint density at radius 1 is 1.75 bits per heavy atom. The van der Waals surface area contributed by atoms with E-state index in [0.717, 1.165) is 0 Å². The second-order valence-corrected chi connectivity index (χ2v) is 1.29. The summed E-state index contributed by atoms with van der Waals surface area (Å²) in [4.78, 5) is 3.60. The van der Waals surface area contributed by atoms with Crippen LogP contribution in [0.25, 0.3) is 0 Å². The fourth-order valence-corrected chi connectivity index (χ4v) is 0.385.